The third-order valence-electron chi connectivity index (χ3n) is 6.06. The molecule has 1 heterocycles. The Morgan fingerprint density at radius 1 is 1.07 bits per heavy atom. The van der Waals surface area contributed by atoms with Crippen LogP contribution >= 0.6 is 0 Å². The second-order valence-corrected chi connectivity index (χ2v) is 7.86. The van der Waals surface area contributed by atoms with Gasteiger partial charge in [0.2, 0.25) is 11.8 Å². The van der Waals surface area contributed by atoms with E-state index in [-0.39, 0.29) is 29.8 Å². The first-order chi connectivity index (χ1) is 13.5. The molecule has 1 aliphatic carbocycles. The number of benzene rings is 1. The second-order valence-electron chi connectivity index (χ2n) is 7.86. The molecule has 3 rings (SSSR count). The summed E-state index contributed by atoms with van der Waals surface area (Å²) in [5.41, 5.74) is 0.860. The predicted molar refractivity (Wildman–Crippen MR) is 107 cm³/mol. The molecule has 6 heteroatoms. The van der Waals surface area contributed by atoms with Gasteiger partial charge in [-0.15, -0.1) is 0 Å². The monoisotopic (exact) mass is 388 g/mol. The van der Waals surface area contributed by atoms with E-state index < -0.39 is 0 Å². The van der Waals surface area contributed by atoms with Gasteiger partial charge in [0, 0.05) is 18.0 Å². The van der Waals surface area contributed by atoms with Crippen LogP contribution in [0.15, 0.2) is 18.2 Å². The van der Waals surface area contributed by atoms with E-state index in [1.54, 1.807) is 14.2 Å². The fourth-order valence-corrected chi connectivity index (χ4v) is 4.45. The van der Waals surface area contributed by atoms with Crippen LogP contribution in [-0.4, -0.2) is 43.5 Å². The van der Waals surface area contributed by atoms with E-state index in [9.17, 15) is 9.59 Å². The zero-order valence-corrected chi connectivity index (χ0v) is 17.2. The minimum atomic E-state index is -0.367. The molecule has 1 N–H and O–H groups in total. The summed E-state index contributed by atoms with van der Waals surface area (Å²) in [5.74, 6) is 1.60. The molecular weight excluding hydrogens is 356 g/mol. The van der Waals surface area contributed by atoms with E-state index in [1.165, 1.54) is 6.42 Å². The summed E-state index contributed by atoms with van der Waals surface area (Å²) >= 11 is 0. The third kappa shape index (κ3) is 4.42. The number of hydrogen-bond donors (Lipinski definition) is 1. The highest BCUT2D eigenvalue weighted by Crippen LogP contribution is 2.31. The summed E-state index contributed by atoms with van der Waals surface area (Å²) < 4.78 is 10.7. The molecule has 1 aromatic carbocycles. The highest BCUT2D eigenvalue weighted by Gasteiger charge is 2.37. The highest BCUT2D eigenvalue weighted by molar-refractivity contribution is 5.89. The maximum absolute atomic E-state index is 13.0. The molecule has 1 aromatic rings. The quantitative estimate of drug-likeness (QED) is 0.810. The number of hydrogen-bond acceptors (Lipinski definition) is 4. The van der Waals surface area contributed by atoms with Crippen LogP contribution in [0.2, 0.25) is 0 Å². The van der Waals surface area contributed by atoms with Gasteiger partial charge in [-0.1, -0.05) is 19.3 Å². The smallest absolute Gasteiger partial charge is 0.243 e. The maximum atomic E-state index is 13.0. The summed E-state index contributed by atoms with van der Waals surface area (Å²) in [4.78, 5) is 27.8. The molecule has 2 amide bonds. The van der Waals surface area contributed by atoms with Crippen LogP contribution < -0.4 is 14.8 Å². The number of nitrogens with zero attached hydrogens (tertiary/aromatic N) is 1. The van der Waals surface area contributed by atoms with Crippen LogP contribution in [0, 0.1) is 5.92 Å². The van der Waals surface area contributed by atoms with Gasteiger partial charge in [-0.2, -0.15) is 0 Å². The lowest BCUT2D eigenvalue weighted by Gasteiger charge is -2.30. The highest BCUT2D eigenvalue weighted by atomic mass is 16.5. The third-order valence-corrected chi connectivity index (χ3v) is 6.06. The van der Waals surface area contributed by atoms with Gasteiger partial charge >= 0.3 is 0 Å². The van der Waals surface area contributed by atoms with Crippen LogP contribution in [0.4, 0.5) is 0 Å². The number of ether oxygens (including phenoxy) is 2. The van der Waals surface area contributed by atoms with Gasteiger partial charge < -0.3 is 19.7 Å². The first-order valence-corrected chi connectivity index (χ1v) is 10.4. The van der Waals surface area contributed by atoms with Gasteiger partial charge in [-0.25, -0.2) is 0 Å². The van der Waals surface area contributed by atoms with Crippen molar-refractivity contribution >= 4 is 11.8 Å². The van der Waals surface area contributed by atoms with Crippen molar-refractivity contribution < 1.29 is 19.1 Å². The number of carbonyl (C=O) groups is 2. The van der Waals surface area contributed by atoms with Crippen molar-refractivity contribution in [2.75, 3.05) is 20.8 Å². The number of nitrogens with one attached hydrogen (secondary N) is 1. The number of likely N-dealkylation sites (tertiary alicyclic amines) is 1. The van der Waals surface area contributed by atoms with Gasteiger partial charge in [-0.05, 0) is 50.8 Å². The molecule has 2 aliphatic rings. The number of methoxy groups -OCH3 is 2. The van der Waals surface area contributed by atoms with Crippen molar-refractivity contribution in [3.8, 4) is 11.5 Å². The Morgan fingerprint density at radius 2 is 1.82 bits per heavy atom. The zero-order valence-electron chi connectivity index (χ0n) is 17.2. The van der Waals surface area contributed by atoms with Gasteiger partial charge in [-0.3, -0.25) is 9.59 Å². The molecule has 1 aliphatic heterocycles. The topological polar surface area (TPSA) is 67.9 Å². The first-order valence-electron chi connectivity index (χ1n) is 10.4. The van der Waals surface area contributed by atoms with Crippen molar-refractivity contribution in [2.24, 2.45) is 5.92 Å². The van der Waals surface area contributed by atoms with E-state index in [0.717, 1.165) is 44.1 Å². The molecular formula is C22H32N2O4. The fraction of sp³-hybridized carbons (Fsp3) is 0.636. The Balaban J connectivity index is 1.68. The molecule has 1 saturated heterocycles. The van der Waals surface area contributed by atoms with Crippen LogP contribution in [0.3, 0.4) is 0 Å². The van der Waals surface area contributed by atoms with Gasteiger partial charge in [0.25, 0.3) is 0 Å². The molecule has 2 fully saturated rings. The Bertz CT molecular complexity index is 700. The van der Waals surface area contributed by atoms with Crippen LogP contribution in [0.5, 0.6) is 11.5 Å². The van der Waals surface area contributed by atoms with Crippen molar-refractivity contribution in [1.29, 1.82) is 0 Å². The van der Waals surface area contributed by atoms with E-state index >= 15 is 0 Å². The molecule has 1 saturated carbocycles. The summed E-state index contributed by atoms with van der Waals surface area (Å²) in [6.45, 7) is 2.61. The van der Waals surface area contributed by atoms with Gasteiger partial charge in [0.05, 0.1) is 20.3 Å². The Labute approximate surface area is 167 Å². The SMILES string of the molecule is COc1ccc(OC)c(C(C)NC(=O)C2CCCN2C(=O)C2CCCCC2)c1. The van der Waals surface area contributed by atoms with Crippen molar-refractivity contribution in [3.05, 3.63) is 23.8 Å². The minimum absolute atomic E-state index is 0.0842. The fourth-order valence-electron chi connectivity index (χ4n) is 4.45. The Kier molecular flexibility index (Phi) is 6.81. The molecule has 154 valence electrons. The largest absolute Gasteiger partial charge is 0.497 e. The van der Waals surface area contributed by atoms with E-state index in [0.29, 0.717) is 18.0 Å². The first kappa shape index (κ1) is 20.5. The average Bonchev–Trinajstić information content (AvgIpc) is 3.23. The van der Waals surface area contributed by atoms with Crippen LogP contribution in [0.1, 0.15) is 63.5 Å². The molecule has 28 heavy (non-hydrogen) atoms. The molecule has 0 aromatic heterocycles. The summed E-state index contributed by atoms with van der Waals surface area (Å²) in [5, 5.41) is 3.08. The molecule has 2 unspecified atom stereocenters. The average molecular weight is 389 g/mol. The van der Waals surface area contributed by atoms with Gasteiger partial charge in [0.15, 0.2) is 0 Å². The standard InChI is InChI=1S/C22H32N2O4/c1-15(18-14-17(27-2)11-12-20(18)28-3)23-21(25)19-10-7-13-24(19)22(26)16-8-5-4-6-9-16/h11-12,14-16,19H,4-10,13H2,1-3H3,(H,23,25). The molecule has 0 spiro atoms. The van der Waals surface area contributed by atoms with E-state index in [2.05, 4.69) is 5.32 Å². The van der Waals surface area contributed by atoms with Crippen molar-refractivity contribution in [3.63, 3.8) is 0 Å². The summed E-state index contributed by atoms with van der Waals surface area (Å²) in [6, 6.07) is 4.94. The number of amides is 2. The van der Waals surface area contributed by atoms with Crippen molar-refractivity contribution in [2.45, 2.75) is 64.0 Å². The normalized spacial score (nSPS) is 21.2. The molecule has 0 bridgehead atoms. The second kappa shape index (κ2) is 9.30. The predicted octanol–water partition coefficient (Wildman–Crippen LogP) is 3.45. The summed E-state index contributed by atoms with van der Waals surface area (Å²) in [6.07, 6.45) is 6.98. The number of carbonyl (C=O) groups excluding carboxylic acids is 2. The Hall–Kier alpha value is -2.24. The van der Waals surface area contributed by atoms with Crippen molar-refractivity contribution in [1.82, 2.24) is 10.2 Å². The van der Waals surface area contributed by atoms with E-state index in [4.69, 9.17) is 9.47 Å². The zero-order chi connectivity index (χ0) is 20.1. The van der Waals surface area contributed by atoms with E-state index in [1.807, 2.05) is 30.0 Å². The lowest BCUT2D eigenvalue weighted by atomic mass is 9.88. The van der Waals surface area contributed by atoms with Crippen LogP contribution in [0.25, 0.3) is 0 Å². The maximum Gasteiger partial charge on any atom is 0.243 e. The molecule has 0 radical (unpaired) electrons. The summed E-state index contributed by atoms with van der Waals surface area (Å²) in [7, 11) is 3.23. The number of rotatable bonds is 6. The molecule has 2 atom stereocenters. The van der Waals surface area contributed by atoms with Crippen LogP contribution in [-0.2, 0) is 9.59 Å². The van der Waals surface area contributed by atoms with Gasteiger partial charge in [0.1, 0.15) is 17.5 Å². The minimum Gasteiger partial charge on any atom is -0.497 e. The molecule has 6 nitrogen and oxygen atoms in total. The Morgan fingerprint density at radius 3 is 2.50 bits per heavy atom. The lowest BCUT2D eigenvalue weighted by molar-refractivity contribution is -0.142. The lowest BCUT2D eigenvalue weighted by Crippen LogP contribution is -2.48.